The molecule has 30 heavy (non-hydrogen) atoms. The summed E-state index contributed by atoms with van der Waals surface area (Å²) in [5.41, 5.74) is 4.20. The largest absolute Gasteiger partial charge is 0.312 e. The van der Waals surface area contributed by atoms with Crippen molar-refractivity contribution in [2.24, 2.45) is 0 Å². The molecule has 6 nitrogen and oxygen atoms in total. The van der Waals surface area contributed by atoms with E-state index in [1.54, 1.807) is 0 Å². The van der Waals surface area contributed by atoms with Crippen molar-refractivity contribution in [3.05, 3.63) is 68.6 Å². The van der Waals surface area contributed by atoms with Gasteiger partial charge in [0.15, 0.2) is 0 Å². The van der Waals surface area contributed by atoms with Crippen LogP contribution in [0.2, 0.25) is 0 Å². The van der Waals surface area contributed by atoms with E-state index in [-0.39, 0.29) is 24.2 Å². The Labute approximate surface area is 187 Å². The molecule has 1 fully saturated rings. The molecule has 0 bridgehead atoms. The second kappa shape index (κ2) is 8.65. The molecule has 1 aliphatic heterocycles. The van der Waals surface area contributed by atoms with Crippen LogP contribution in [-0.2, 0) is 16.0 Å². The first kappa shape index (κ1) is 20.7. The van der Waals surface area contributed by atoms with Gasteiger partial charge in [0.25, 0.3) is 0 Å². The van der Waals surface area contributed by atoms with Gasteiger partial charge in [-0.05, 0) is 54.8 Å². The number of benzene rings is 2. The molecule has 3 aromatic rings. The monoisotopic (exact) mass is 484 g/mol. The molecule has 4 rings (SSSR count). The Morgan fingerprint density at radius 3 is 2.67 bits per heavy atom. The average molecular weight is 485 g/mol. The lowest BCUT2D eigenvalue weighted by Gasteiger charge is -2.17. The Morgan fingerprint density at radius 2 is 1.93 bits per heavy atom. The van der Waals surface area contributed by atoms with Crippen LogP contribution < -0.4 is 10.2 Å². The lowest BCUT2D eigenvalue weighted by Crippen LogP contribution is -2.24. The first-order valence-electron chi connectivity index (χ1n) is 9.64. The van der Waals surface area contributed by atoms with E-state index in [1.165, 1.54) is 16.9 Å². The predicted molar refractivity (Wildman–Crippen MR) is 122 cm³/mol. The fourth-order valence-electron chi connectivity index (χ4n) is 3.42. The van der Waals surface area contributed by atoms with E-state index < -0.39 is 0 Å². The smallest absolute Gasteiger partial charge is 0.230 e. The standard InChI is InChI=1S/C22H21BrN4O2S/c1-13-3-8-18(9-14(13)2)27-12-16(11-20(27)29)21-25-26-22(30-21)24-19(28)10-15-4-6-17(23)7-5-15/h3-9,16H,10-12H2,1-2H3,(H,24,26,28). The number of halogens is 1. The number of hydrogen-bond donors (Lipinski definition) is 1. The third-order valence-electron chi connectivity index (χ3n) is 5.24. The van der Waals surface area contributed by atoms with Crippen molar-refractivity contribution in [3.8, 4) is 0 Å². The summed E-state index contributed by atoms with van der Waals surface area (Å²) in [6, 6.07) is 13.7. The van der Waals surface area contributed by atoms with Gasteiger partial charge in [0, 0.05) is 29.0 Å². The van der Waals surface area contributed by atoms with E-state index in [2.05, 4.69) is 38.4 Å². The van der Waals surface area contributed by atoms with Gasteiger partial charge in [-0.2, -0.15) is 0 Å². The number of hydrogen-bond acceptors (Lipinski definition) is 5. The number of aromatic nitrogens is 2. The molecule has 154 valence electrons. The highest BCUT2D eigenvalue weighted by Crippen LogP contribution is 2.34. The van der Waals surface area contributed by atoms with Crippen LogP contribution >= 0.6 is 27.3 Å². The number of anilines is 2. The SMILES string of the molecule is Cc1ccc(N2CC(c3nnc(NC(=O)Cc4ccc(Br)cc4)s3)CC2=O)cc1C. The van der Waals surface area contributed by atoms with Crippen LogP contribution in [0.15, 0.2) is 46.9 Å². The van der Waals surface area contributed by atoms with E-state index in [4.69, 9.17) is 0 Å². The van der Waals surface area contributed by atoms with Crippen LogP contribution in [0.25, 0.3) is 0 Å². The fourth-order valence-corrected chi connectivity index (χ4v) is 4.53. The number of amides is 2. The van der Waals surface area contributed by atoms with Crippen molar-refractivity contribution in [1.29, 1.82) is 0 Å². The number of rotatable bonds is 5. The van der Waals surface area contributed by atoms with Crippen molar-refractivity contribution < 1.29 is 9.59 Å². The van der Waals surface area contributed by atoms with Gasteiger partial charge in [-0.1, -0.05) is 45.5 Å². The molecule has 1 unspecified atom stereocenters. The quantitative estimate of drug-likeness (QED) is 0.573. The third kappa shape index (κ3) is 4.60. The van der Waals surface area contributed by atoms with Crippen molar-refractivity contribution in [2.75, 3.05) is 16.8 Å². The second-order valence-electron chi connectivity index (χ2n) is 7.47. The predicted octanol–water partition coefficient (Wildman–Crippen LogP) is 4.62. The maximum atomic E-state index is 12.6. The van der Waals surface area contributed by atoms with Gasteiger partial charge in [-0.3, -0.25) is 9.59 Å². The summed E-state index contributed by atoms with van der Waals surface area (Å²) in [7, 11) is 0. The molecular formula is C22H21BrN4O2S. The summed E-state index contributed by atoms with van der Waals surface area (Å²) in [6.07, 6.45) is 0.666. The summed E-state index contributed by atoms with van der Waals surface area (Å²) in [4.78, 5) is 26.7. The fraction of sp³-hybridized carbons (Fsp3) is 0.273. The molecule has 2 heterocycles. The van der Waals surface area contributed by atoms with E-state index in [0.29, 0.717) is 18.1 Å². The number of aryl methyl sites for hydroxylation is 2. The Bertz CT molecular complexity index is 1100. The summed E-state index contributed by atoms with van der Waals surface area (Å²) < 4.78 is 0.973. The van der Waals surface area contributed by atoms with Crippen LogP contribution in [0.1, 0.15) is 34.0 Å². The van der Waals surface area contributed by atoms with Crippen LogP contribution in [0.3, 0.4) is 0 Å². The molecule has 2 aromatic carbocycles. The zero-order valence-corrected chi connectivity index (χ0v) is 19.1. The van der Waals surface area contributed by atoms with Crippen LogP contribution in [0.5, 0.6) is 0 Å². The van der Waals surface area contributed by atoms with Crippen molar-refractivity contribution >= 4 is 49.9 Å². The molecule has 0 saturated carbocycles. The minimum atomic E-state index is -0.140. The van der Waals surface area contributed by atoms with Gasteiger partial charge in [-0.25, -0.2) is 0 Å². The van der Waals surface area contributed by atoms with Gasteiger partial charge in [0.2, 0.25) is 16.9 Å². The lowest BCUT2D eigenvalue weighted by molar-refractivity contribution is -0.117. The molecule has 0 spiro atoms. The van der Waals surface area contributed by atoms with Crippen LogP contribution in [0.4, 0.5) is 10.8 Å². The summed E-state index contributed by atoms with van der Waals surface area (Å²) in [5, 5.41) is 12.4. The highest BCUT2D eigenvalue weighted by Gasteiger charge is 2.34. The average Bonchev–Trinajstić information content (AvgIpc) is 3.32. The van der Waals surface area contributed by atoms with Crippen molar-refractivity contribution in [3.63, 3.8) is 0 Å². The maximum absolute atomic E-state index is 12.6. The highest BCUT2D eigenvalue weighted by molar-refractivity contribution is 9.10. The van der Waals surface area contributed by atoms with Crippen molar-refractivity contribution in [2.45, 2.75) is 32.6 Å². The van der Waals surface area contributed by atoms with Crippen molar-refractivity contribution in [1.82, 2.24) is 10.2 Å². The molecule has 2 amide bonds. The molecule has 1 atom stereocenters. The van der Waals surface area contributed by atoms with Crippen LogP contribution in [0, 0.1) is 13.8 Å². The topological polar surface area (TPSA) is 75.2 Å². The third-order valence-corrected chi connectivity index (χ3v) is 6.77. The summed E-state index contributed by atoms with van der Waals surface area (Å²) >= 11 is 4.72. The number of carbonyl (C=O) groups is 2. The Hall–Kier alpha value is -2.58. The first-order valence-corrected chi connectivity index (χ1v) is 11.3. The molecular weight excluding hydrogens is 464 g/mol. The normalized spacial score (nSPS) is 16.2. The molecule has 1 saturated heterocycles. The molecule has 0 aliphatic carbocycles. The van der Waals surface area contributed by atoms with E-state index in [9.17, 15) is 9.59 Å². The first-order chi connectivity index (χ1) is 14.4. The Balaban J connectivity index is 1.40. The molecule has 0 radical (unpaired) electrons. The molecule has 1 aliphatic rings. The summed E-state index contributed by atoms with van der Waals surface area (Å²) in [6.45, 7) is 4.68. The van der Waals surface area contributed by atoms with E-state index in [1.807, 2.05) is 54.3 Å². The number of carbonyl (C=O) groups excluding carboxylic acids is 2. The minimum absolute atomic E-state index is 0.0197. The molecule has 1 aromatic heterocycles. The maximum Gasteiger partial charge on any atom is 0.230 e. The zero-order valence-electron chi connectivity index (χ0n) is 16.7. The van der Waals surface area contributed by atoms with E-state index in [0.717, 1.165) is 26.3 Å². The van der Waals surface area contributed by atoms with Gasteiger partial charge >= 0.3 is 0 Å². The van der Waals surface area contributed by atoms with Gasteiger partial charge in [0.1, 0.15) is 5.01 Å². The highest BCUT2D eigenvalue weighted by atomic mass is 79.9. The number of nitrogens with one attached hydrogen (secondary N) is 1. The van der Waals surface area contributed by atoms with E-state index >= 15 is 0 Å². The molecule has 1 N–H and O–H groups in total. The van der Waals surface area contributed by atoms with Gasteiger partial charge < -0.3 is 10.2 Å². The second-order valence-corrected chi connectivity index (χ2v) is 9.40. The Kier molecular flexibility index (Phi) is 5.97. The molecule has 8 heteroatoms. The zero-order chi connectivity index (χ0) is 21.3. The van der Waals surface area contributed by atoms with Crippen LogP contribution in [-0.4, -0.2) is 28.6 Å². The summed E-state index contributed by atoms with van der Waals surface area (Å²) in [5.74, 6) is -0.0766. The lowest BCUT2D eigenvalue weighted by atomic mass is 10.1. The van der Waals surface area contributed by atoms with Gasteiger partial charge in [-0.15, -0.1) is 10.2 Å². The number of nitrogens with zero attached hydrogens (tertiary/aromatic N) is 3. The minimum Gasteiger partial charge on any atom is -0.312 e. The Morgan fingerprint density at radius 1 is 1.17 bits per heavy atom. The van der Waals surface area contributed by atoms with Gasteiger partial charge in [0.05, 0.1) is 6.42 Å².